The monoisotopic (exact) mass is 508 g/mol. The molecule has 0 aliphatic carbocycles. The summed E-state index contributed by atoms with van der Waals surface area (Å²) in [4.78, 5) is 15.9. The van der Waals surface area contributed by atoms with Crippen molar-refractivity contribution in [3.63, 3.8) is 0 Å². The van der Waals surface area contributed by atoms with E-state index in [0.717, 1.165) is 16.8 Å². The van der Waals surface area contributed by atoms with Crippen molar-refractivity contribution in [2.45, 2.75) is 0 Å². The van der Waals surface area contributed by atoms with Gasteiger partial charge in [-0.15, -0.1) is 0 Å². The van der Waals surface area contributed by atoms with E-state index in [9.17, 15) is 10.1 Å². The Morgan fingerprint density at radius 3 is 2.14 bits per heavy atom. The number of hydrogen-bond acceptors (Lipinski definition) is 5. The first-order valence-corrected chi connectivity index (χ1v) is 11.7. The van der Waals surface area contributed by atoms with E-state index >= 15 is 0 Å². The standard InChI is InChI=1S/C29H21ClN4O3/c1-36-22-10-6-18(7-11-22)27-15-24(25(16-31)29(35)32-27)26-17-34(21-5-3-4-20(30)14-21)33-28(26)19-8-12-23(37-2)13-9-19/h3-15,17H,1-2H3,(H,32,35). The number of aromatic nitrogens is 3. The van der Waals surface area contributed by atoms with Crippen LogP contribution in [0.3, 0.4) is 0 Å². The van der Waals surface area contributed by atoms with Crippen LogP contribution in [-0.2, 0) is 0 Å². The summed E-state index contributed by atoms with van der Waals surface area (Å²) >= 11 is 6.23. The highest BCUT2D eigenvalue weighted by Crippen LogP contribution is 2.35. The summed E-state index contributed by atoms with van der Waals surface area (Å²) in [5.41, 5.74) is 4.09. The van der Waals surface area contributed by atoms with Crippen LogP contribution in [-0.4, -0.2) is 29.0 Å². The number of ether oxygens (including phenoxy) is 2. The van der Waals surface area contributed by atoms with E-state index < -0.39 is 5.56 Å². The zero-order chi connectivity index (χ0) is 25.9. The second-order valence-corrected chi connectivity index (χ2v) is 8.62. The molecular formula is C29H21ClN4O3. The predicted octanol–water partition coefficient (Wildman–Crippen LogP) is 6.10. The first-order valence-electron chi connectivity index (χ1n) is 11.3. The largest absolute Gasteiger partial charge is 0.497 e. The topological polar surface area (TPSA) is 92.9 Å². The molecule has 0 radical (unpaired) electrons. The van der Waals surface area contributed by atoms with Gasteiger partial charge in [-0.05, 0) is 78.4 Å². The van der Waals surface area contributed by atoms with E-state index in [2.05, 4.69) is 11.1 Å². The molecule has 0 unspecified atom stereocenters. The summed E-state index contributed by atoms with van der Waals surface area (Å²) in [5, 5.41) is 15.3. The van der Waals surface area contributed by atoms with Gasteiger partial charge in [0, 0.05) is 33.6 Å². The lowest BCUT2D eigenvalue weighted by molar-refractivity contribution is 0.415. The van der Waals surface area contributed by atoms with Gasteiger partial charge in [0.05, 0.1) is 19.9 Å². The summed E-state index contributed by atoms with van der Waals surface area (Å²) in [7, 11) is 3.19. The van der Waals surface area contributed by atoms with Crippen molar-refractivity contribution in [3.8, 4) is 56.9 Å². The van der Waals surface area contributed by atoms with E-state index in [-0.39, 0.29) is 5.56 Å². The van der Waals surface area contributed by atoms with Crippen molar-refractivity contribution in [1.29, 1.82) is 5.26 Å². The van der Waals surface area contributed by atoms with Gasteiger partial charge in [0.1, 0.15) is 28.8 Å². The number of H-pyrrole nitrogens is 1. The highest BCUT2D eigenvalue weighted by atomic mass is 35.5. The van der Waals surface area contributed by atoms with Gasteiger partial charge in [0.15, 0.2) is 0 Å². The lowest BCUT2D eigenvalue weighted by Gasteiger charge is -2.09. The maximum Gasteiger partial charge on any atom is 0.266 e. The number of rotatable bonds is 6. The first kappa shape index (κ1) is 23.9. The molecule has 0 bridgehead atoms. The number of benzene rings is 3. The van der Waals surface area contributed by atoms with Crippen LogP contribution in [0.1, 0.15) is 5.56 Å². The Balaban J connectivity index is 1.75. The molecule has 0 aliphatic rings. The van der Waals surface area contributed by atoms with E-state index in [1.54, 1.807) is 43.3 Å². The zero-order valence-electron chi connectivity index (χ0n) is 20.0. The van der Waals surface area contributed by atoms with Gasteiger partial charge >= 0.3 is 0 Å². The van der Waals surface area contributed by atoms with Gasteiger partial charge in [-0.3, -0.25) is 4.79 Å². The third-order valence-corrected chi connectivity index (χ3v) is 6.22. The fourth-order valence-corrected chi connectivity index (χ4v) is 4.28. The van der Waals surface area contributed by atoms with Crippen LogP contribution in [0.4, 0.5) is 0 Å². The van der Waals surface area contributed by atoms with Crippen LogP contribution in [0, 0.1) is 11.3 Å². The molecule has 3 aromatic carbocycles. The van der Waals surface area contributed by atoms with Gasteiger partial charge < -0.3 is 14.5 Å². The second-order valence-electron chi connectivity index (χ2n) is 8.19. The van der Waals surface area contributed by atoms with Gasteiger partial charge in [-0.2, -0.15) is 10.4 Å². The summed E-state index contributed by atoms with van der Waals surface area (Å²) in [6.45, 7) is 0. The maximum atomic E-state index is 13.1. The lowest BCUT2D eigenvalue weighted by atomic mass is 9.97. The Hall–Kier alpha value is -4.80. The predicted molar refractivity (Wildman–Crippen MR) is 143 cm³/mol. The molecule has 0 amide bonds. The van der Waals surface area contributed by atoms with Crippen molar-refractivity contribution in [3.05, 3.63) is 106 Å². The molecule has 7 nitrogen and oxygen atoms in total. The molecule has 2 aromatic heterocycles. The molecule has 5 rings (SSSR count). The maximum absolute atomic E-state index is 13.1. The van der Waals surface area contributed by atoms with Crippen LogP contribution < -0.4 is 15.0 Å². The fourth-order valence-electron chi connectivity index (χ4n) is 4.09. The highest BCUT2D eigenvalue weighted by Gasteiger charge is 2.20. The van der Waals surface area contributed by atoms with E-state index in [1.165, 1.54) is 0 Å². The number of aromatic amines is 1. The molecule has 0 fully saturated rings. The molecule has 182 valence electrons. The Morgan fingerprint density at radius 1 is 0.892 bits per heavy atom. The van der Waals surface area contributed by atoms with Gasteiger partial charge in [-0.25, -0.2) is 4.68 Å². The minimum atomic E-state index is -0.484. The third kappa shape index (κ3) is 4.70. The van der Waals surface area contributed by atoms with Crippen LogP contribution in [0.15, 0.2) is 89.9 Å². The third-order valence-electron chi connectivity index (χ3n) is 5.99. The molecule has 8 heteroatoms. The summed E-state index contributed by atoms with van der Waals surface area (Å²) in [6.07, 6.45) is 1.80. The molecule has 5 aromatic rings. The Labute approximate surface area is 218 Å². The van der Waals surface area contributed by atoms with Crippen LogP contribution >= 0.6 is 11.6 Å². The number of hydrogen-bond donors (Lipinski definition) is 1. The van der Waals surface area contributed by atoms with Crippen LogP contribution in [0.25, 0.3) is 39.3 Å². The SMILES string of the molecule is COc1ccc(-c2cc(-c3cn(-c4cccc(Cl)c4)nc3-c3ccc(OC)cc3)c(C#N)c(=O)[nH]2)cc1. The molecule has 0 saturated carbocycles. The number of pyridine rings is 1. The zero-order valence-corrected chi connectivity index (χ0v) is 20.8. The van der Waals surface area contributed by atoms with E-state index in [0.29, 0.717) is 39.0 Å². The molecule has 0 spiro atoms. The minimum absolute atomic E-state index is 0.00216. The van der Waals surface area contributed by atoms with Crippen molar-refractivity contribution < 1.29 is 9.47 Å². The second kappa shape index (κ2) is 10.1. The number of nitriles is 1. The minimum Gasteiger partial charge on any atom is -0.497 e. The molecule has 1 N–H and O–H groups in total. The van der Waals surface area contributed by atoms with E-state index in [4.69, 9.17) is 26.2 Å². The molecule has 0 saturated heterocycles. The normalized spacial score (nSPS) is 10.6. The molecule has 2 heterocycles. The number of halogens is 1. The summed E-state index contributed by atoms with van der Waals surface area (Å²) < 4.78 is 12.2. The molecule has 37 heavy (non-hydrogen) atoms. The van der Waals surface area contributed by atoms with E-state index in [1.807, 2.05) is 60.7 Å². The quantitative estimate of drug-likeness (QED) is 0.299. The van der Waals surface area contributed by atoms with Gasteiger partial charge in [-0.1, -0.05) is 17.7 Å². The summed E-state index contributed by atoms with van der Waals surface area (Å²) in [6, 6.07) is 25.9. The number of nitrogens with one attached hydrogen (secondary N) is 1. The average molecular weight is 509 g/mol. The van der Waals surface area contributed by atoms with Crippen LogP contribution in [0.2, 0.25) is 5.02 Å². The van der Waals surface area contributed by atoms with Crippen LogP contribution in [0.5, 0.6) is 11.5 Å². The molecular weight excluding hydrogens is 488 g/mol. The smallest absolute Gasteiger partial charge is 0.266 e. The van der Waals surface area contributed by atoms with Gasteiger partial charge in [0.25, 0.3) is 5.56 Å². The molecule has 0 atom stereocenters. The fraction of sp³-hybridized carbons (Fsp3) is 0.0690. The van der Waals surface area contributed by atoms with Crippen molar-refractivity contribution in [2.24, 2.45) is 0 Å². The highest BCUT2D eigenvalue weighted by molar-refractivity contribution is 6.30. The lowest BCUT2D eigenvalue weighted by Crippen LogP contribution is -2.12. The van der Waals surface area contributed by atoms with Gasteiger partial charge in [0.2, 0.25) is 0 Å². The number of methoxy groups -OCH3 is 2. The van der Waals surface area contributed by atoms with Crippen molar-refractivity contribution in [1.82, 2.24) is 14.8 Å². The Morgan fingerprint density at radius 2 is 1.54 bits per heavy atom. The van der Waals surface area contributed by atoms with Crippen molar-refractivity contribution >= 4 is 11.6 Å². The molecule has 0 aliphatic heterocycles. The summed E-state index contributed by atoms with van der Waals surface area (Å²) in [5.74, 6) is 1.40. The Kier molecular flexibility index (Phi) is 6.50. The number of nitrogens with zero attached hydrogens (tertiary/aromatic N) is 3. The first-order chi connectivity index (χ1) is 18.0. The average Bonchev–Trinajstić information content (AvgIpc) is 3.38. The van der Waals surface area contributed by atoms with Crippen molar-refractivity contribution in [2.75, 3.05) is 14.2 Å². The Bertz CT molecular complexity index is 1680.